The Hall–Kier alpha value is -1.42. The van der Waals surface area contributed by atoms with Crippen LogP contribution in [-0.2, 0) is 5.41 Å². The predicted octanol–water partition coefficient (Wildman–Crippen LogP) is 2.65. The minimum Gasteiger partial charge on any atom is -0.325 e. The van der Waals surface area contributed by atoms with E-state index in [2.05, 4.69) is 41.7 Å². The van der Waals surface area contributed by atoms with Gasteiger partial charge in [-0.15, -0.1) is 0 Å². The van der Waals surface area contributed by atoms with Crippen LogP contribution in [0.25, 0.3) is 11.0 Å². The molecule has 0 spiro atoms. The lowest BCUT2D eigenvalue weighted by molar-refractivity contribution is 0.310. The molecule has 0 aliphatic carbocycles. The normalized spacial score (nSPS) is 24.2. The molecule has 102 valence electrons. The summed E-state index contributed by atoms with van der Waals surface area (Å²) in [6.45, 7) is 8.91. The molecule has 2 aromatic heterocycles. The van der Waals surface area contributed by atoms with Crippen LogP contribution < -0.4 is 5.32 Å². The first-order valence-corrected chi connectivity index (χ1v) is 7.15. The number of imidazole rings is 1. The van der Waals surface area contributed by atoms with Gasteiger partial charge in [-0.3, -0.25) is 4.98 Å². The molecule has 3 heterocycles. The zero-order valence-electron chi connectivity index (χ0n) is 12.0. The average molecular weight is 258 g/mol. The highest BCUT2D eigenvalue weighted by Crippen LogP contribution is 2.34. The number of hydrogen-bond acceptors (Lipinski definition) is 3. The van der Waals surface area contributed by atoms with Crippen LogP contribution in [0, 0.1) is 0 Å². The SMILES string of the molecule is CC(C)n1c(C2(C)CCCNC2)nc2cnccc21. The zero-order valence-corrected chi connectivity index (χ0v) is 12.0. The van der Waals surface area contributed by atoms with E-state index in [0.717, 1.165) is 18.6 Å². The van der Waals surface area contributed by atoms with E-state index in [4.69, 9.17) is 4.98 Å². The van der Waals surface area contributed by atoms with Gasteiger partial charge >= 0.3 is 0 Å². The van der Waals surface area contributed by atoms with Crippen LogP contribution in [0.2, 0.25) is 0 Å². The van der Waals surface area contributed by atoms with E-state index in [1.54, 1.807) is 0 Å². The van der Waals surface area contributed by atoms with Gasteiger partial charge in [0.1, 0.15) is 11.3 Å². The van der Waals surface area contributed by atoms with Gasteiger partial charge in [0.15, 0.2) is 0 Å². The van der Waals surface area contributed by atoms with Crippen LogP contribution in [0.3, 0.4) is 0 Å². The largest absolute Gasteiger partial charge is 0.325 e. The third-order valence-electron chi connectivity index (χ3n) is 4.15. The molecule has 1 N–H and O–H groups in total. The fourth-order valence-electron chi connectivity index (χ4n) is 3.15. The van der Waals surface area contributed by atoms with Gasteiger partial charge in [-0.2, -0.15) is 0 Å². The first kappa shape index (κ1) is 12.6. The highest BCUT2D eigenvalue weighted by atomic mass is 15.1. The van der Waals surface area contributed by atoms with E-state index < -0.39 is 0 Å². The van der Waals surface area contributed by atoms with Crippen LogP contribution in [-0.4, -0.2) is 27.6 Å². The first-order chi connectivity index (χ1) is 9.12. The molecule has 0 amide bonds. The molecule has 1 aliphatic heterocycles. The van der Waals surface area contributed by atoms with E-state index in [1.165, 1.54) is 24.2 Å². The number of pyridine rings is 1. The monoisotopic (exact) mass is 258 g/mol. The van der Waals surface area contributed by atoms with Crippen LogP contribution in [0.1, 0.15) is 45.5 Å². The van der Waals surface area contributed by atoms with Gasteiger partial charge in [0, 0.05) is 24.2 Å². The number of rotatable bonds is 2. The Morgan fingerprint density at radius 3 is 2.95 bits per heavy atom. The lowest BCUT2D eigenvalue weighted by atomic mass is 9.81. The number of piperidine rings is 1. The number of fused-ring (bicyclic) bond motifs is 1. The number of hydrogen-bond donors (Lipinski definition) is 1. The molecule has 1 fully saturated rings. The summed E-state index contributed by atoms with van der Waals surface area (Å²) in [6, 6.07) is 2.49. The summed E-state index contributed by atoms with van der Waals surface area (Å²) < 4.78 is 2.38. The van der Waals surface area contributed by atoms with E-state index in [1.807, 2.05) is 12.4 Å². The van der Waals surface area contributed by atoms with Crippen molar-refractivity contribution in [2.24, 2.45) is 0 Å². The molecule has 1 unspecified atom stereocenters. The third-order valence-corrected chi connectivity index (χ3v) is 4.15. The second-order valence-corrected chi connectivity index (χ2v) is 6.10. The second-order valence-electron chi connectivity index (χ2n) is 6.10. The fourth-order valence-corrected chi connectivity index (χ4v) is 3.15. The molecule has 0 bridgehead atoms. The van der Waals surface area contributed by atoms with Crippen LogP contribution in [0.4, 0.5) is 0 Å². The van der Waals surface area contributed by atoms with Gasteiger partial charge < -0.3 is 9.88 Å². The maximum atomic E-state index is 4.89. The van der Waals surface area contributed by atoms with Crippen molar-refractivity contribution in [2.45, 2.75) is 45.1 Å². The van der Waals surface area contributed by atoms with Crippen molar-refractivity contribution >= 4 is 11.0 Å². The molecule has 3 rings (SSSR count). The molecule has 1 atom stereocenters. The van der Waals surface area contributed by atoms with Gasteiger partial charge in [0.25, 0.3) is 0 Å². The van der Waals surface area contributed by atoms with Crippen LogP contribution >= 0.6 is 0 Å². The minimum absolute atomic E-state index is 0.127. The molecule has 2 aromatic rings. The lowest BCUT2D eigenvalue weighted by Crippen LogP contribution is -2.43. The predicted molar refractivity (Wildman–Crippen MR) is 77.4 cm³/mol. The number of aromatic nitrogens is 3. The van der Waals surface area contributed by atoms with Crippen molar-refractivity contribution in [1.29, 1.82) is 0 Å². The molecule has 19 heavy (non-hydrogen) atoms. The number of nitrogens with one attached hydrogen (secondary N) is 1. The Morgan fingerprint density at radius 1 is 1.42 bits per heavy atom. The van der Waals surface area contributed by atoms with E-state index >= 15 is 0 Å². The molecular formula is C15H22N4. The zero-order chi connectivity index (χ0) is 13.5. The number of nitrogens with zero attached hydrogens (tertiary/aromatic N) is 3. The Bertz CT molecular complexity index is 579. The second kappa shape index (κ2) is 4.60. The molecular weight excluding hydrogens is 236 g/mol. The summed E-state index contributed by atoms with van der Waals surface area (Å²) in [5.74, 6) is 1.21. The third kappa shape index (κ3) is 2.04. The van der Waals surface area contributed by atoms with E-state index in [0.29, 0.717) is 6.04 Å². The summed E-state index contributed by atoms with van der Waals surface area (Å²) in [7, 11) is 0. The van der Waals surface area contributed by atoms with Gasteiger partial charge in [-0.25, -0.2) is 4.98 Å². The molecule has 4 heteroatoms. The van der Waals surface area contributed by atoms with Crippen molar-refractivity contribution in [2.75, 3.05) is 13.1 Å². The Balaban J connectivity index is 2.19. The van der Waals surface area contributed by atoms with Gasteiger partial charge in [0.2, 0.25) is 0 Å². The molecule has 1 aliphatic rings. The smallest absolute Gasteiger partial charge is 0.117 e. The van der Waals surface area contributed by atoms with Crippen molar-refractivity contribution < 1.29 is 0 Å². The van der Waals surface area contributed by atoms with E-state index in [-0.39, 0.29) is 5.41 Å². The summed E-state index contributed by atoms with van der Waals surface area (Å²) in [5.41, 5.74) is 2.34. The topological polar surface area (TPSA) is 42.7 Å². The van der Waals surface area contributed by atoms with Crippen molar-refractivity contribution in [3.8, 4) is 0 Å². The van der Waals surface area contributed by atoms with Crippen molar-refractivity contribution in [1.82, 2.24) is 19.9 Å². The first-order valence-electron chi connectivity index (χ1n) is 7.15. The highest BCUT2D eigenvalue weighted by Gasteiger charge is 2.34. The fraction of sp³-hybridized carbons (Fsp3) is 0.600. The van der Waals surface area contributed by atoms with Crippen molar-refractivity contribution in [3.63, 3.8) is 0 Å². The Kier molecular flexibility index (Phi) is 3.05. The van der Waals surface area contributed by atoms with Gasteiger partial charge in [0.05, 0.1) is 11.7 Å². The van der Waals surface area contributed by atoms with Crippen molar-refractivity contribution in [3.05, 3.63) is 24.3 Å². The summed E-state index contributed by atoms with van der Waals surface area (Å²) in [4.78, 5) is 9.09. The standard InChI is InChI=1S/C15H22N4/c1-11(2)19-13-5-8-16-9-12(13)18-14(19)15(3)6-4-7-17-10-15/h5,8-9,11,17H,4,6-7,10H2,1-3H3. The molecule has 0 radical (unpaired) electrons. The maximum absolute atomic E-state index is 4.89. The molecule has 4 nitrogen and oxygen atoms in total. The van der Waals surface area contributed by atoms with E-state index in [9.17, 15) is 0 Å². The minimum atomic E-state index is 0.127. The molecule has 0 saturated carbocycles. The van der Waals surface area contributed by atoms with Gasteiger partial charge in [-0.1, -0.05) is 6.92 Å². The molecule has 0 aromatic carbocycles. The van der Waals surface area contributed by atoms with Crippen LogP contribution in [0.15, 0.2) is 18.5 Å². The van der Waals surface area contributed by atoms with Crippen LogP contribution in [0.5, 0.6) is 0 Å². The molecule has 1 saturated heterocycles. The summed E-state index contributed by atoms with van der Waals surface area (Å²) in [5, 5.41) is 3.52. The summed E-state index contributed by atoms with van der Waals surface area (Å²) >= 11 is 0. The highest BCUT2D eigenvalue weighted by molar-refractivity contribution is 5.75. The van der Waals surface area contributed by atoms with Gasteiger partial charge in [-0.05, 0) is 39.3 Å². The quantitative estimate of drug-likeness (QED) is 0.900. The average Bonchev–Trinajstić information content (AvgIpc) is 2.79. The maximum Gasteiger partial charge on any atom is 0.117 e. The summed E-state index contributed by atoms with van der Waals surface area (Å²) in [6.07, 6.45) is 6.14. The Morgan fingerprint density at radius 2 is 2.26 bits per heavy atom. The Labute approximate surface area is 114 Å². The lowest BCUT2D eigenvalue weighted by Gasteiger charge is -2.34.